The van der Waals surface area contributed by atoms with E-state index < -0.39 is 0 Å². The second kappa shape index (κ2) is 6.63. The summed E-state index contributed by atoms with van der Waals surface area (Å²) in [6, 6.07) is 8.93. The molecule has 1 N–H and O–H groups in total. The zero-order valence-electron chi connectivity index (χ0n) is 10.6. The van der Waals surface area contributed by atoms with Crippen LogP contribution in [0.3, 0.4) is 0 Å². The van der Waals surface area contributed by atoms with Crippen LogP contribution < -0.4 is 5.32 Å². The molecule has 1 unspecified atom stereocenters. The second-order valence-electron chi connectivity index (χ2n) is 4.25. The maximum absolute atomic E-state index is 4.47. The Morgan fingerprint density at radius 2 is 2.06 bits per heavy atom. The Balaban J connectivity index is 1.91. The molecule has 2 rings (SSSR count). The average Bonchev–Trinajstić information content (AvgIpc) is 2.86. The van der Waals surface area contributed by atoms with Crippen LogP contribution in [0.1, 0.15) is 35.3 Å². The van der Waals surface area contributed by atoms with Crippen molar-refractivity contribution in [2.24, 2.45) is 0 Å². The lowest BCUT2D eigenvalue weighted by atomic mass is 10.2. The van der Waals surface area contributed by atoms with Crippen LogP contribution in [0, 0.1) is 3.57 Å². The van der Waals surface area contributed by atoms with Crippen molar-refractivity contribution in [3.05, 3.63) is 49.5 Å². The molecule has 0 amide bonds. The molecule has 1 aromatic carbocycles. The van der Waals surface area contributed by atoms with Gasteiger partial charge in [-0.25, -0.2) is 4.98 Å². The molecule has 0 bridgehead atoms. The molecule has 0 radical (unpaired) electrons. The highest BCUT2D eigenvalue weighted by Crippen LogP contribution is 2.20. The number of nitrogens with zero attached hydrogens (tertiary/aromatic N) is 1. The Hall–Kier alpha value is -0.460. The van der Waals surface area contributed by atoms with Gasteiger partial charge >= 0.3 is 0 Å². The third kappa shape index (κ3) is 3.76. The standard InChI is InChI=1S/C14H17IN2S/c1-3-13-9-17-14(18-13)10(2)16-8-11-4-6-12(15)7-5-11/h4-7,9-10,16H,3,8H2,1-2H3. The molecule has 4 heteroatoms. The van der Waals surface area contributed by atoms with E-state index in [4.69, 9.17) is 0 Å². The van der Waals surface area contributed by atoms with Gasteiger partial charge in [0.15, 0.2) is 0 Å². The van der Waals surface area contributed by atoms with E-state index in [-0.39, 0.29) is 0 Å². The third-order valence-corrected chi connectivity index (χ3v) is 4.86. The predicted octanol–water partition coefficient (Wildman–Crippen LogP) is 4.16. The SMILES string of the molecule is CCc1cnc(C(C)NCc2ccc(I)cc2)s1. The molecule has 2 aromatic rings. The second-order valence-corrected chi connectivity index (χ2v) is 6.64. The van der Waals surface area contributed by atoms with Gasteiger partial charge in [0.2, 0.25) is 0 Å². The molecule has 0 saturated heterocycles. The summed E-state index contributed by atoms with van der Waals surface area (Å²) in [5.41, 5.74) is 1.31. The number of aryl methyl sites for hydroxylation is 1. The van der Waals surface area contributed by atoms with Crippen LogP contribution in [0.5, 0.6) is 0 Å². The van der Waals surface area contributed by atoms with Gasteiger partial charge in [-0.2, -0.15) is 0 Å². The molecular weight excluding hydrogens is 355 g/mol. The van der Waals surface area contributed by atoms with Crippen molar-refractivity contribution in [2.45, 2.75) is 32.9 Å². The van der Waals surface area contributed by atoms with Crippen LogP contribution >= 0.6 is 33.9 Å². The molecule has 0 fully saturated rings. The zero-order chi connectivity index (χ0) is 13.0. The summed E-state index contributed by atoms with van der Waals surface area (Å²) in [7, 11) is 0. The maximum atomic E-state index is 4.47. The lowest BCUT2D eigenvalue weighted by Gasteiger charge is -2.11. The van der Waals surface area contributed by atoms with Crippen molar-refractivity contribution in [1.29, 1.82) is 0 Å². The van der Waals surface area contributed by atoms with E-state index >= 15 is 0 Å². The summed E-state index contributed by atoms with van der Waals surface area (Å²) in [6.45, 7) is 5.23. The maximum Gasteiger partial charge on any atom is 0.109 e. The first-order valence-electron chi connectivity index (χ1n) is 6.11. The lowest BCUT2D eigenvalue weighted by Crippen LogP contribution is -2.17. The first-order valence-corrected chi connectivity index (χ1v) is 8.01. The summed E-state index contributed by atoms with van der Waals surface area (Å²) < 4.78 is 1.27. The van der Waals surface area contributed by atoms with Gasteiger partial charge in [-0.15, -0.1) is 11.3 Å². The lowest BCUT2D eigenvalue weighted by molar-refractivity contribution is 0.572. The minimum atomic E-state index is 0.314. The Kier molecular flexibility index (Phi) is 5.14. The quantitative estimate of drug-likeness (QED) is 0.798. The monoisotopic (exact) mass is 372 g/mol. The minimum absolute atomic E-state index is 0.314. The first kappa shape index (κ1) is 14.0. The van der Waals surface area contributed by atoms with Crippen molar-refractivity contribution in [3.8, 4) is 0 Å². The molecule has 1 aromatic heterocycles. The van der Waals surface area contributed by atoms with Crippen molar-refractivity contribution in [3.63, 3.8) is 0 Å². The van der Waals surface area contributed by atoms with Gasteiger partial charge < -0.3 is 5.32 Å². The smallest absolute Gasteiger partial charge is 0.109 e. The molecule has 18 heavy (non-hydrogen) atoms. The van der Waals surface area contributed by atoms with E-state index in [1.54, 1.807) is 11.3 Å². The van der Waals surface area contributed by atoms with Crippen LogP contribution in [-0.4, -0.2) is 4.98 Å². The zero-order valence-corrected chi connectivity index (χ0v) is 13.6. The van der Waals surface area contributed by atoms with Gasteiger partial charge in [0.05, 0.1) is 6.04 Å². The van der Waals surface area contributed by atoms with Crippen molar-refractivity contribution in [2.75, 3.05) is 0 Å². The Morgan fingerprint density at radius 3 is 2.67 bits per heavy atom. The highest BCUT2D eigenvalue weighted by atomic mass is 127. The molecule has 0 aliphatic rings. The van der Waals surface area contributed by atoms with Gasteiger partial charge in [-0.1, -0.05) is 19.1 Å². The van der Waals surface area contributed by atoms with E-state index in [9.17, 15) is 0 Å². The topological polar surface area (TPSA) is 24.9 Å². The fourth-order valence-corrected chi connectivity index (χ4v) is 2.89. The van der Waals surface area contributed by atoms with Crippen LogP contribution in [-0.2, 0) is 13.0 Å². The van der Waals surface area contributed by atoms with Crippen LogP contribution in [0.2, 0.25) is 0 Å². The highest BCUT2D eigenvalue weighted by molar-refractivity contribution is 14.1. The summed E-state index contributed by atoms with van der Waals surface area (Å²) in [5.74, 6) is 0. The van der Waals surface area contributed by atoms with E-state index in [1.807, 2.05) is 6.20 Å². The molecule has 0 aliphatic heterocycles. The molecule has 2 nitrogen and oxygen atoms in total. The average molecular weight is 372 g/mol. The number of hydrogen-bond acceptors (Lipinski definition) is 3. The van der Waals surface area contributed by atoms with Crippen LogP contribution in [0.25, 0.3) is 0 Å². The fraction of sp³-hybridized carbons (Fsp3) is 0.357. The van der Waals surface area contributed by atoms with Gasteiger partial charge in [-0.05, 0) is 53.6 Å². The largest absolute Gasteiger partial charge is 0.304 e. The Morgan fingerprint density at radius 1 is 1.33 bits per heavy atom. The summed E-state index contributed by atoms with van der Waals surface area (Å²) in [4.78, 5) is 5.82. The van der Waals surface area contributed by atoms with E-state index in [1.165, 1.54) is 19.0 Å². The molecule has 1 atom stereocenters. The Labute approximate surface area is 126 Å². The Bertz CT molecular complexity index is 493. The number of nitrogens with one attached hydrogen (secondary N) is 1. The van der Waals surface area contributed by atoms with Gasteiger partial charge in [0.25, 0.3) is 0 Å². The number of hydrogen-bond donors (Lipinski definition) is 1. The van der Waals surface area contributed by atoms with Crippen LogP contribution in [0.4, 0.5) is 0 Å². The summed E-state index contributed by atoms with van der Waals surface area (Å²) >= 11 is 4.13. The van der Waals surface area contributed by atoms with Crippen molar-refractivity contribution in [1.82, 2.24) is 10.3 Å². The molecular formula is C14H17IN2S. The van der Waals surface area contributed by atoms with Gasteiger partial charge in [-0.3, -0.25) is 0 Å². The summed E-state index contributed by atoms with van der Waals surface area (Å²) in [5, 5.41) is 4.70. The van der Waals surface area contributed by atoms with Gasteiger partial charge in [0.1, 0.15) is 5.01 Å². The van der Waals surface area contributed by atoms with Crippen molar-refractivity contribution >= 4 is 33.9 Å². The molecule has 0 spiro atoms. The third-order valence-electron chi connectivity index (χ3n) is 2.82. The normalized spacial score (nSPS) is 12.6. The number of benzene rings is 1. The minimum Gasteiger partial charge on any atom is -0.304 e. The van der Waals surface area contributed by atoms with Gasteiger partial charge in [0, 0.05) is 21.2 Å². The van der Waals surface area contributed by atoms with E-state index in [0.717, 1.165) is 13.0 Å². The first-order chi connectivity index (χ1) is 8.69. The predicted molar refractivity (Wildman–Crippen MR) is 85.9 cm³/mol. The molecule has 1 heterocycles. The summed E-state index contributed by atoms with van der Waals surface area (Å²) in [6.07, 6.45) is 3.06. The van der Waals surface area contributed by atoms with Crippen molar-refractivity contribution < 1.29 is 0 Å². The number of rotatable bonds is 5. The number of thiazole rings is 1. The number of halogens is 1. The molecule has 96 valence electrons. The van der Waals surface area contributed by atoms with E-state index in [0.29, 0.717) is 6.04 Å². The number of aromatic nitrogens is 1. The molecule has 0 aliphatic carbocycles. The fourth-order valence-electron chi connectivity index (χ4n) is 1.65. The highest BCUT2D eigenvalue weighted by Gasteiger charge is 2.09. The molecule has 0 saturated carbocycles. The van der Waals surface area contributed by atoms with E-state index in [2.05, 4.69) is 71.0 Å². The van der Waals surface area contributed by atoms with Crippen LogP contribution in [0.15, 0.2) is 30.5 Å².